The maximum atomic E-state index is 10.5. The third kappa shape index (κ3) is 2.08. The van der Waals surface area contributed by atoms with Gasteiger partial charge in [-0.1, -0.05) is 34.1 Å². The van der Waals surface area contributed by atoms with Gasteiger partial charge in [-0.05, 0) is 42.2 Å². The molecular weight excluding hydrogens is 290 g/mol. The summed E-state index contributed by atoms with van der Waals surface area (Å²) in [5, 5.41) is 10.5. The molecule has 2 unspecified atom stereocenters. The quantitative estimate of drug-likeness (QED) is 0.919. The molecule has 92 valence electrons. The van der Waals surface area contributed by atoms with Gasteiger partial charge in [-0.25, -0.2) is 0 Å². The molecule has 0 spiro atoms. The Labute approximate surface area is 115 Å². The van der Waals surface area contributed by atoms with Gasteiger partial charge in [-0.2, -0.15) is 0 Å². The van der Waals surface area contributed by atoms with E-state index in [1.807, 2.05) is 36.5 Å². The molecular formula is C15H14BrNO. The summed E-state index contributed by atoms with van der Waals surface area (Å²) in [5.41, 5.74) is 3.30. The van der Waals surface area contributed by atoms with Crippen molar-refractivity contribution in [2.45, 2.75) is 24.9 Å². The number of pyridine rings is 1. The van der Waals surface area contributed by atoms with Crippen LogP contribution >= 0.6 is 15.9 Å². The molecule has 18 heavy (non-hydrogen) atoms. The monoisotopic (exact) mass is 303 g/mol. The maximum absolute atomic E-state index is 10.5. The van der Waals surface area contributed by atoms with Gasteiger partial charge in [0.05, 0.1) is 6.10 Å². The van der Waals surface area contributed by atoms with E-state index in [1.165, 1.54) is 5.56 Å². The van der Waals surface area contributed by atoms with Gasteiger partial charge in [-0.15, -0.1) is 0 Å². The Bertz CT molecular complexity index is 553. The van der Waals surface area contributed by atoms with Gasteiger partial charge in [-0.3, -0.25) is 4.98 Å². The highest BCUT2D eigenvalue weighted by Gasteiger charge is 2.30. The summed E-state index contributed by atoms with van der Waals surface area (Å²) in [5.74, 6) is 0.127. The standard InChI is InChI=1S/C15H14BrNO/c16-12-6-3-11(4-7-12)15(18)13-8-5-10-2-1-9-17-14(10)13/h1-4,6-7,9,13,15,18H,5,8H2. The minimum absolute atomic E-state index is 0.127. The number of aliphatic hydroxyl groups excluding tert-OH is 1. The smallest absolute Gasteiger partial charge is 0.0873 e. The van der Waals surface area contributed by atoms with Crippen LogP contribution in [-0.4, -0.2) is 10.1 Å². The first-order chi connectivity index (χ1) is 8.75. The molecule has 1 aromatic heterocycles. The lowest BCUT2D eigenvalue weighted by Gasteiger charge is -2.18. The Kier molecular flexibility index (Phi) is 3.18. The molecule has 1 aliphatic carbocycles. The Hall–Kier alpha value is -1.19. The molecule has 1 aromatic carbocycles. The van der Waals surface area contributed by atoms with E-state index < -0.39 is 6.10 Å². The van der Waals surface area contributed by atoms with Gasteiger partial charge in [0.2, 0.25) is 0 Å². The zero-order valence-corrected chi connectivity index (χ0v) is 11.5. The molecule has 0 fully saturated rings. The Morgan fingerprint density at radius 3 is 2.78 bits per heavy atom. The van der Waals surface area contributed by atoms with E-state index in [2.05, 4.69) is 27.0 Å². The number of benzene rings is 1. The first kappa shape index (κ1) is 11.9. The molecule has 0 bridgehead atoms. The van der Waals surface area contributed by atoms with E-state index in [9.17, 15) is 5.11 Å². The van der Waals surface area contributed by atoms with Gasteiger partial charge < -0.3 is 5.11 Å². The number of aliphatic hydroxyl groups is 1. The van der Waals surface area contributed by atoms with Crippen LogP contribution in [-0.2, 0) is 6.42 Å². The molecule has 3 heteroatoms. The fraction of sp³-hybridized carbons (Fsp3) is 0.267. The van der Waals surface area contributed by atoms with Gasteiger partial charge in [0.25, 0.3) is 0 Å². The average molecular weight is 304 g/mol. The van der Waals surface area contributed by atoms with E-state index in [1.54, 1.807) is 0 Å². The minimum atomic E-state index is -0.464. The highest BCUT2D eigenvalue weighted by atomic mass is 79.9. The molecule has 0 saturated carbocycles. The maximum Gasteiger partial charge on any atom is 0.0873 e. The number of halogens is 1. The summed E-state index contributed by atoms with van der Waals surface area (Å²) in [6, 6.07) is 11.9. The van der Waals surface area contributed by atoms with Crippen LogP contribution in [0.2, 0.25) is 0 Å². The molecule has 1 aliphatic rings. The lowest BCUT2D eigenvalue weighted by molar-refractivity contribution is 0.143. The van der Waals surface area contributed by atoms with E-state index in [4.69, 9.17) is 0 Å². The molecule has 1 heterocycles. The van der Waals surface area contributed by atoms with E-state index in [0.29, 0.717) is 0 Å². The summed E-state index contributed by atoms with van der Waals surface area (Å²) >= 11 is 3.41. The molecule has 0 aliphatic heterocycles. The fourth-order valence-corrected chi connectivity index (χ4v) is 2.91. The van der Waals surface area contributed by atoms with Crippen LogP contribution in [0.15, 0.2) is 47.1 Å². The minimum Gasteiger partial charge on any atom is -0.388 e. The van der Waals surface area contributed by atoms with E-state index in [0.717, 1.165) is 28.6 Å². The van der Waals surface area contributed by atoms with Crippen molar-refractivity contribution < 1.29 is 5.11 Å². The second-order valence-corrected chi connectivity index (χ2v) is 5.60. The van der Waals surface area contributed by atoms with Crippen LogP contribution in [0.3, 0.4) is 0 Å². The van der Waals surface area contributed by atoms with E-state index >= 15 is 0 Å². The summed E-state index contributed by atoms with van der Waals surface area (Å²) in [6.07, 6.45) is 3.34. The number of nitrogens with zero attached hydrogens (tertiary/aromatic N) is 1. The Morgan fingerprint density at radius 2 is 2.00 bits per heavy atom. The highest BCUT2D eigenvalue weighted by molar-refractivity contribution is 9.10. The van der Waals surface area contributed by atoms with Crippen LogP contribution in [0.25, 0.3) is 0 Å². The van der Waals surface area contributed by atoms with Gasteiger partial charge in [0, 0.05) is 22.3 Å². The number of rotatable bonds is 2. The average Bonchev–Trinajstić information content (AvgIpc) is 2.82. The second-order valence-electron chi connectivity index (χ2n) is 4.69. The van der Waals surface area contributed by atoms with Crippen LogP contribution in [0, 0.1) is 0 Å². The lowest BCUT2D eigenvalue weighted by Crippen LogP contribution is -2.09. The van der Waals surface area contributed by atoms with Crippen LogP contribution < -0.4 is 0 Å². The van der Waals surface area contributed by atoms with Crippen LogP contribution in [0.5, 0.6) is 0 Å². The van der Waals surface area contributed by atoms with Crippen LogP contribution in [0.1, 0.15) is 35.3 Å². The lowest BCUT2D eigenvalue weighted by atomic mass is 9.93. The number of aromatic nitrogens is 1. The molecule has 0 radical (unpaired) electrons. The first-order valence-corrected chi connectivity index (χ1v) is 6.92. The van der Waals surface area contributed by atoms with Gasteiger partial charge >= 0.3 is 0 Å². The largest absolute Gasteiger partial charge is 0.388 e. The van der Waals surface area contributed by atoms with Crippen LogP contribution in [0.4, 0.5) is 0 Å². The molecule has 2 atom stereocenters. The van der Waals surface area contributed by atoms with Gasteiger partial charge in [0.15, 0.2) is 0 Å². The predicted molar refractivity (Wildman–Crippen MR) is 74.4 cm³/mol. The number of aryl methyl sites for hydroxylation is 1. The normalized spacial score (nSPS) is 19.6. The topological polar surface area (TPSA) is 33.1 Å². The van der Waals surface area contributed by atoms with E-state index in [-0.39, 0.29) is 5.92 Å². The van der Waals surface area contributed by atoms with Crippen molar-refractivity contribution in [1.82, 2.24) is 4.98 Å². The number of hydrogen-bond acceptors (Lipinski definition) is 2. The van der Waals surface area contributed by atoms with Crippen molar-refractivity contribution >= 4 is 15.9 Å². The first-order valence-electron chi connectivity index (χ1n) is 6.13. The van der Waals surface area contributed by atoms with Crippen molar-refractivity contribution in [3.05, 3.63) is 63.9 Å². The zero-order chi connectivity index (χ0) is 12.5. The summed E-state index contributed by atoms with van der Waals surface area (Å²) < 4.78 is 1.03. The third-order valence-corrected chi connectivity index (χ3v) is 4.12. The summed E-state index contributed by atoms with van der Waals surface area (Å²) in [4.78, 5) is 4.44. The molecule has 3 rings (SSSR count). The van der Waals surface area contributed by atoms with Crippen molar-refractivity contribution in [3.63, 3.8) is 0 Å². The highest BCUT2D eigenvalue weighted by Crippen LogP contribution is 2.40. The zero-order valence-electron chi connectivity index (χ0n) is 9.88. The molecule has 2 aromatic rings. The van der Waals surface area contributed by atoms with Crippen molar-refractivity contribution in [3.8, 4) is 0 Å². The molecule has 0 amide bonds. The number of hydrogen-bond donors (Lipinski definition) is 1. The number of fused-ring (bicyclic) bond motifs is 1. The third-order valence-electron chi connectivity index (χ3n) is 3.59. The van der Waals surface area contributed by atoms with Crippen molar-refractivity contribution in [2.24, 2.45) is 0 Å². The fourth-order valence-electron chi connectivity index (χ4n) is 2.64. The van der Waals surface area contributed by atoms with Gasteiger partial charge in [0.1, 0.15) is 0 Å². The molecule has 1 N–H and O–H groups in total. The Morgan fingerprint density at radius 1 is 1.22 bits per heavy atom. The Balaban J connectivity index is 1.90. The second kappa shape index (κ2) is 4.82. The summed E-state index contributed by atoms with van der Waals surface area (Å²) in [7, 11) is 0. The molecule has 0 saturated heterocycles. The predicted octanol–water partition coefficient (Wildman–Crippen LogP) is 3.61. The van der Waals surface area contributed by atoms with Crippen molar-refractivity contribution in [2.75, 3.05) is 0 Å². The summed E-state index contributed by atoms with van der Waals surface area (Å²) in [6.45, 7) is 0. The SMILES string of the molecule is OC(c1ccc(Br)cc1)C1CCc2cccnc21. The molecule has 2 nitrogen and oxygen atoms in total. The van der Waals surface area contributed by atoms with Crippen molar-refractivity contribution in [1.29, 1.82) is 0 Å².